The monoisotopic (exact) mass is 438 g/mol. The van der Waals surface area contributed by atoms with Crippen molar-refractivity contribution in [2.45, 2.75) is 44.2 Å². The van der Waals surface area contributed by atoms with Gasteiger partial charge in [0, 0.05) is 75.3 Å². The first-order valence-corrected chi connectivity index (χ1v) is 12.4. The number of fused-ring (bicyclic) bond motifs is 1. The molecule has 0 aliphatic carbocycles. The van der Waals surface area contributed by atoms with E-state index in [2.05, 4.69) is 38.2 Å². The number of hydrogen-bond acceptors (Lipinski definition) is 6. The Morgan fingerprint density at radius 2 is 1.75 bits per heavy atom. The van der Waals surface area contributed by atoms with Crippen LogP contribution >= 0.6 is 0 Å². The molecule has 1 aromatic rings. The summed E-state index contributed by atoms with van der Waals surface area (Å²) in [7, 11) is 0. The van der Waals surface area contributed by atoms with Crippen LogP contribution in [0.15, 0.2) is 23.9 Å². The van der Waals surface area contributed by atoms with Gasteiger partial charge in [0.1, 0.15) is 0 Å². The first kappa shape index (κ1) is 20.5. The van der Waals surface area contributed by atoms with Gasteiger partial charge < -0.3 is 24.6 Å². The third-order valence-electron chi connectivity index (χ3n) is 7.79. The molecule has 0 spiro atoms. The van der Waals surface area contributed by atoms with E-state index in [0.29, 0.717) is 6.04 Å². The van der Waals surface area contributed by atoms with Gasteiger partial charge in [0.25, 0.3) is 5.91 Å². The number of amides is 1. The van der Waals surface area contributed by atoms with Crippen molar-refractivity contribution in [2.24, 2.45) is 0 Å². The fraction of sp³-hybridized carbons (Fsp3) is 0.640. The van der Waals surface area contributed by atoms with Crippen molar-refractivity contribution < 1.29 is 14.3 Å². The van der Waals surface area contributed by atoms with Gasteiger partial charge in [0.05, 0.1) is 30.5 Å². The second-order valence-electron chi connectivity index (χ2n) is 9.67. The topological polar surface area (TPSA) is 57.3 Å². The lowest BCUT2D eigenvalue weighted by Gasteiger charge is -2.36. The van der Waals surface area contributed by atoms with E-state index in [4.69, 9.17) is 9.47 Å². The Balaban J connectivity index is 1.37. The van der Waals surface area contributed by atoms with Crippen LogP contribution in [0.1, 0.15) is 37.7 Å². The SMILES string of the molecule is O=C1/C(=C2/CCN(C3COC3)CCN2)c2cc(N3CCCC3)ccc2N1C1CCOCC1. The first-order valence-electron chi connectivity index (χ1n) is 12.4. The molecule has 0 unspecified atom stereocenters. The number of rotatable bonds is 3. The van der Waals surface area contributed by atoms with Crippen molar-refractivity contribution in [3.05, 3.63) is 29.5 Å². The van der Waals surface area contributed by atoms with Crippen molar-refractivity contribution in [3.8, 4) is 0 Å². The van der Waals surface area contributed by atoms with Crippen LogP contribution in [-0.4, -0.2) is 82.0 Å². The van der Waals surface area contributed by atoms with E-state index in [1.165, 1.54) is 18.5 Å². The Morgan fingerprint density at radius 3 is 2.50 bits per heavy atom. The molecule has 7 nitrogen and oxygen atoms in total. The van der Waals surface area contributed by atoms with E-state index in [9.17, 15) is 4.79 Å². The zero-order valence-electron chi connectivity index (χ0n) is 18.9. The van der Waals surface area contributed by atoms with Crippen LogP contribution in [0.25, 0.3) is 5.57 Å². The zero-order chi connectivity index (χ0) is 21.5. The fourth-order valence-corrected chi connectivity index (χ4v) is 5.87. The largest absolute Gasteiger partial charge is 0.386 e. The lowest BCUT2D eigenvalue weighted by atomic mass is 10.0. The van der Waals surface area contributed by atoms with Crippen molar-refractivity contribution in [1.82, 2.24) is 10.2 Å². The average molecular weight is 439 g/mol. The van der Waals surface area contributed by atoms with Gasteiger partial charge in [-0.1, -0.05) is 0 Å². The number of anilines is 2. The number of nitrogens with one attached hydrogen (secondary N) is 1. The minimum absolute atomic E-state index is 0.174. The van der Waals surface area contributed by atoms with Crippen LogP contribution in [0, 0.1) is 0 Å². The predicted octanol–water partition coefficient (Wildman–Crippen LogP) is 2.22. The highest BCUT2D eigenvalue weighted by Crippen LogP contribution is 2.43. The van der Waals surface area contributed by atoms with Gasteiger partial charge in [0.15, 0.2) is 0 Å². The molecule has 5 aliphatic rings. The van der Waals surface area contributed by atoms with E-state index in [0.717, 1.165) is 101 Å². The summed E-state index contributed by atoms with van der Waals surface area (Å²) in [6.45, 7) is 8.22. The molecule has 4 fully saturated rings. The number of hydrogen-bond donors (Lipinski definition) is 1. The summed E-state index contributed by atoms with van der Waals surface area (Å²) in [5.41, 5.74) is 5.48. The van der Waals surface area contributed by atoms with Gasteiger partial charge in [-0.3, -0.25) is 9.69 Å². The first-order chi connectivity index (χ1) is 15.8. The molecule has 1 aromatic carbocycles. The van der Waals surface area contributed by atoms with Crippen LogP contribution in [0.4, 0.5) is 11.4 Å². The maximum absolute atomic E-state index is 13.9. The molecule has 0 saturated carbocycles. The molecule has 0 atom stereocenters. The molecule has 0 aromatic heterocycles. The third kappa shape index (κ3) is 3.60. The molecule has 4 saturated heterocycles. The lowest BCUT2D eigenvalue weighted by Crippen LogP contribution is -2.50. The zero-order valence-corrected chi connectivity index (χ0v) is 18.9. The van der Waals surface area contributed by atoms with Gasteiger partial charge in [-0.2, -0.15) is 0 Å². The highest BCUT2D eigenvalue weighted by molar-refractivity contribution is 6.33. The second kappa shape index (κ2) is 8.69. The van der Waals surface area contributed by atoms with Gasteiger partial charge in [-0.25, -0.2) is 0 Å². The maximum Gasteiger partial charge on any atom is 0.260 e. The highest BCUT2D eigenvalue weighted by Gasteiger charge is 2.40. The highest BCUT2D eigenvalue weighted by atomic mass is 16.5. The minimum Gasteiger partial charge on any atom is -0.386 e. The Kier molecular flexibility index (Phi) is 5.57. The summed E-state index contributed by atoms with van der Waals surface area (Å²) in [5.74, 6) is 0.174. The van der Waals surface area contributed by atoms with Gasteiger partial charge >= 0.3 is 0 Å². The van der Waals surface area contributed by atoms with Crippen molar-refractivity contribution in [3.63, 3.8) is 0 Å². The number of benzene rings is 1. The predicted molar refractivity (Wildman–Crippen MR) is 125 cm³/mol. The fourth-order valence-electron chi connectivity index (χ4n) is 5.87. The van der Waals surface area contributed by atoms with Gasteiger partial charge in [0.2, 0.25) is 0 Å². The Bertz CT molecular complexity index is 900. The maximum atomic E-state index is 13.9. The van der Waals surface area contributed by atoms with Crippen LogP contribution in [0.2, 0.25) is 0 Å². The Hall–Kier alpha value is -2.09. The molecular weight excluding hydrogens is 404 g/mol. The standard InChI is InChI=1S/C25H34N4O3/c30-25-24(22-5-11-28(12-8-26-22)20-16-32-17-20)21-15-19(27-9-1-2-10-27)3-4-23(21)29(25)18-6-13-31-14-7-18/h3-4,15,18,20,26H,1-2,5-14,16-17H2/b24-22-. The Labute approximate surface area is 190 Å². The number of carbonyl (C=O) groups excluding carboxylic acids is 1. The van der Waals surface area contributed by atoms with Gasteiger partial charge in [-0.05, 0) is 43.9 Å². The molecule has 6 rings (SSSR count). The molecule has 1 amide bonds. The van der Waals surface area contributed by atoms with Crippen molar-refractivity contribution in [1.29, 1.82) is 0 Å². The summed E-state index contributed by atoms with van der Waals surface area (Å²) < 4.78 is 11.0. The van der Waals surface area contributed by atoms with E-state index in [1.807, 2.05) is 0 Å². The molecule has 32 heavy (non-hydrogen) atoms. The van der Waals surface area contributed by atoms with Crippen LogP contribution in [0.5, 0.6) is 0 Å². The smallest absolute Gasteiger partial charge is 0.260 e. The lowest BCUT2D eigenvalue weighted by molar-refractivity contribution is -0.113. The molecule has 172 valence electrons. The molecule has 0 bridgehead atoms. The van der Waals surface area contributed by atoms with E-state index < -0.39 is 0 Å². The third-order valence-corrected chi connectivity index (χ3v) is 7.79. The van der Waals surface area contributed by atoms with E-state index >= 15 is 0 Å². The van der Waals surface area contributed by atoms with Crippen LogP contribution < -0.4 is 15.1 Å². The summed E-state index contributed by atoms with van der Waals surface area (Å²) in [5, 5.41) is 3.65. The quantitative estimate of drug-likeness (QED) is 0.731. The number of nitrogens with zero attached hydrogens (tertiary/aromatic N) is 3. The van der Waals surface area contributed by atoms with Crippen molar-refractivity contribution in [2.75, 3.05) is 69.0 Å². The summed E-state index contributed by atoms with van der Waals surface area (Å²) in [6.07, 6.45) is 5.20. The molecular formula is C25H34N4O3. The van der Waals surface area contributed by atoms with E-state index in [-0.39, 0.29) is 11.9 Å². The van der Waals surface area contributed by atoms with Crippen LogP contribution in [-0.2, 0) is 14.3 Å². The average Bonchev–Trinajstić information content (AvgIpc) is 3.34. The molecule has 5 aliphatic heterocycles. The van der Waals surface area contributed by atoms with Gasteiger partial charge in [-0.15, -0.1) is 0 Å². The molecule has 0 radical (unpaired) electrons. The summed E-state index contributed by atoms with van der Waals surface area (Å²) >= 11 is 0. The Morgan fingerprint density at radius 1 is 0.938 bits per heavy atom. The minimum atomic E-state index is 0.174. The molecule has 7 heteroatoms. The van der Waals surface area contributed by atoms with E-state index in [1.54, 1.807) is 0 Å². The van der Waals surface area contributed by atoms with Crippen molar-refractivity contribution >= 4 is 22.9 Å². The second-order valence-corrected chi connectivity index (χ2v) is 9.67. The number of carbonyl (C=O) groups is 1. The number of ether oxygens (including phenoxy) is 2. The molecule has 1 N–H and O–H groups in total. The van der Waals surface area contributed by atoms with Crippen LogP contribution in [0.3, 0.4) is 0 Å². The summed E-state index contributed by atoms with van der Waals surface area (Å²) in [6, 6.07) is 7.45. The normalized spacial score (nSPS) is 27.9. The summed E-state index contributed by atoms with van der Waals surface area (Å²) in [4.78, 5) is 21.0. The molecule has 5 heterocycles.